The van der Waals surface area contributed by atoms with Crippen LogP contribution in [0, 0.1) is 12.8 Å². The van der Waals surface area contributed by atoms with Crippen LogP contribution in [0.15, 0.2) is 46.9 Å². The van der Waals surface area contributed by atoms with E-state index in [1.807, 2.05) is 0 Å². The number of rotatable bonds is 5. The molecule has 29 heavy (non-hydrogen) atoms. The van der Waals surface area contributed by atoms with E-state index in [1.54, 1.807) is 43.3 Å². The van der Waals surface area contributed by atoms with Gasteiger partial charge in [0.05, 0.1) is 12.0 Å². The number of anilines is 2. The van der Waals surface area contributed by atoms with Crippen LogP contribution in [0.2, 0.25) is 0 Å². The normalized spacial score (nSPS) is 17.6. The number of benzene rings is 2. The molecule has 0 spiro atoms. The highest BCUT2D eigenvalue weighted by molar-refractivity contribution is 5.95. The second-order valence-corrected chi connectivity index (χ2v) is 6.77. The van der Waals surface area contributed by atoms with Crippen LogP contribution in [0.5, 0.6) is 5.75 Å². The van der Waals surface area contributed by atoms with E-state index in [0.717, 1.165) is 0 Å². The van der Waals surface area contributed by atoms with Gasteiger partial charge in [0.15, 0.2) is 0 Å². The molecule has 0 bridgehead atoms. The number of aliphatic carboxylic acids is 1. The zero-order chi connectivity index (χ0) is 20.5. The summed E-state index contributed by atoms with van der Waals surface area (Å²) in [5, 5.41) is 32.8. The number of amides is 1. The van der Waals surface area contributed by atoms with Crippen LogP contribution in [-0.4, -0.2) is 32.3 Å². The lowest BCUT2D eigenvalue weighted by Gasteiger charge is -2.19. The molecule has 0 saturated carbocycles. The number of hydrogen-bond acceptors (Lipinski definition) is 7. The maximum absolute atomic E-state index is 12.7. The Morgan fingerprint density at radius 1 is 1.14 bits per heavy atom. The smallest absolute Gasteiger partial charge is 0.320 e. The Bertz CT molecular complexity index is 1080. The molecule has 0 radical (unpaired) electrons. The van der Waals surface area contributed by atoms with Gasteiger partial charge in [-0.05, 0) is 42.3 Å². The number of carboxylic acids is 1. The molecular formula is C20H18N4O5. The lowest BCUT2D eigenvalue weighted by atomic mass is 10.00. The van der Waals surface area contributed by atoms with Gasteiger partial charge in [-0.1, -0.05) is 17.2 Å². The molecule has 4 rings (SSSR count). The minimum absolute atomic E-state index is 0.0391. The molecule has 1 aliphatic carbocycles. The lowest BCUT2D eigenvalue weighted by Crippen LogP contribution is -2.34. The maximum atomic E-state index is 12.7. The summed E-state index contributed by atoms with van der Waals surface area (Å²) >= 11 is 0. The van der Waals surface area contributed by atoms with Crippen molar-refractivity contribution < 1.29 is 24.2 Å². The number of nitrogens with zero attached hydrogens (tertiary/aromatic N) is 2. The monoisotopic (exact) mass is 394 g/mol. The SMILES string of the molecule is Cc1nnc(Nc2ccc(C(=O)N[C@@H]3c4cccc(O)c4C[C@@H]3C(=O)O)cc2)o1. The van der Waals surface area contributed by atoms with Crippen molar-refractivity contribution >= 4 is 23.6 Å². The maximum Gasteiger partial charge on any atom is 0.320 e. The van der Waals surface area contributed by atoms with Crippen molar-refractivity contribution in [1.29, 1.82) is 0 Å². The summed E-state index contributed by atoms with van der Waals surface area (Å²) in [5.41, 5.74) is 2.20. The van der Waals surface area contributed by atoms with Crippen LogP contribution >= 0.6 is 0 Å². The molecule has 1 aliphatic rings. The number of aromatic hydroxyl groups is 1. The Morgan fingerprint density at radius 3 is 2.55 bits per heavy atom. The first-order valence-corrected chi connectivity index (χ1v) is 8.94. The molecule has 4 N–H and O–H groups in total. The van der Waals surface area contributed by atoms with Crippen LogP contribution in [-0.2, 0) is 11.2 Å². The summed E-state index contributed by atoms with van der Waals surface area (Å²) < 4.78 is 5.24. The highest BCUT2D eigenvalue weighted by atomic mass is 16.4. The van der Waals surface area contributed by atoms with E-state index < -0.39 is 23.8 Å². The fourth-order valence-corrected chi connectivity index (χ4v) is 3.47. The molecule has 1 aromatic heterocycles. The van der Waals surface area contributed by atoms with Gasteiger partial charge in [-0.3, -0.25) is 9.59 Å². The minimum atomic E-state index is -1.03. The third-order valence-corrected chi connectivity index (χ3v) is 4.88. The Morgan fingerprint density at radius 2 is 1.90 bits per heavy atom. The number of aryl methyl sites for hydroxylation is 1. The van der Waals surface area contributed by atoms with Gasteiger partial charge in [0.25, 0.3) is 5.91 Å². The molecule has 9 nitrogen and oxygen atoms in total. The van der Waals surface area contributed by atoms with E-state index in [1.165, 1.54) is 6.07 Å². The first kappa shape index (κ1) is 18.5. The summed E-state index contributed by atoms with van der Waals surface area (Å²) in [5.74, 6) is -1.81. The van der Waals surface area contributed by atoms with Crippen molar-refractivity contribution in [3.05, 3.63) is 65.0 Å². The zero-order valence-corrected chi connectivity index (χ0v) is 15.4. The quantitative estimate of drug-likeness (QED) is 0.518. The van der Waals surface area contributed by atoms with E-state index in [4.69, 9.17) is 4.42 Å². The standard InChI is InChI=1S/C20H18N4O5/c1-10-23-24-20(29-10)21-12-7-5-11(6-8-12)18(26)22-17-13-3-2-4-16(25)14(13)9-15(17)19(27)28/h2-8,15,17,25H,9H2,1H3,(H,21,24)(H,22,26)(H,27,28)/t15-,17+/m0/s1. The van der Waals surface area contributed by atoms with E-state index in [-0.39, 0.29) is 18.2 Å². The predicted molar refractivity (Wildman–Crippen MR) is 102 cm³/mol. The van der Waals surface area contributed by atoms with Crippen molar-refractivity contribution in [1.82, 2.24) is 15.5 Å². The zero-order valence-electron chi connectivity index (χ0n) is 15.4. The van der Waals surface area contributed by atoms with Crippen molar-refractivity contribution in [2.45, 2.75) is 19.4 Å². The van der Waals surface area contributed by atoms with Gasteiger partial charge < -0.3 is 25.3 Å². The van der Waals surface area contributed by atoms with Gasteiger partial charge in [-0.25, -0.2) is 0 Å². The molecule has 148 valence electrons. The molecule has 1 heterocycles. The van der Waals surface area contributed by atoms with E-state index in [2.05, 4.69) is 20.8 Å². The topological polar surface area (TPSA) is 138 Å². The number of carbonyl (C=O) groups excluding carboxylic acids is 1. The number of carboxylic acid groups (broad SMARTS) is 1. The van der Waals surface area contributed by atoms with E-state index in [0.29, 0.717) is 28.3 Å². The molecular weight excluding hydrogens is 376 g/mol. The number of hydrogen-bond donors (Lipinski definition) is 4. The number of phenolic OH excluding ortho intramolecular Hbond substituents is 1. The second kappa shape index (κ2) is 7.27. The molecule has 2 aromatic carbocycles. The van der Waals surface area contributed by atoms with Crippen molar-refractivity contribution in [2.24, 2.45) is 5.92 Å². The summed E-state index contributed by atoms with van der Waals surface area (Å²) in [6.07, 6.45) is 0.161. The first-order valence-electron chi connectivity index (χ1n) is 8.94. The molecule has 9 heteroatoms. The number of phenols is 1. The fourth-order valence-electron chi connectivity index (χ4n) is 3.47. The van der Waals surface area contributed by atoms with Crippen LogP contribution in [0.3, 0.4) is 0 Å². The molecule has 1 amide bonds. The van der Waals surface area contributed by atoms with E-state index in [9.17, 15) is 19.8 Å². The molecule has 0 aliphatic heterocycles. The van der Waals surface area contributed by atoms with Gasteiger partial charge in [-0.2, -0.15) is 0 Å². The average molecular weight is 394 g/mol. The summed E-state index contributed by atoms with van der Waals surface area (Å²) in [6.45, 7) is 1.68. The number of nitrogens with one attached hydrogen (secondary N) is 2. The summed E-state index contributed by atoms with van der Waals surface area (Å²) in [4.78, 5) is 24.4. The second-order valence-electron chi connectivity index (χ2n) is 6.77. The van der Waals surface area contributed by atoms with Crippen molar-refractivity contribution in [2.75, 3.05) is 5.32 Å². The van der Waals surface area contributed by atoms with Gasteiger partial charge >= 0.3 is 12.0 Å². The van der Waals surface area contributed by atoms with Gasteiger partial charge in [0.2, 0.25) is 5.89 Å². The van der Waals surface area contributed by atoms with Crippen LogP contribution in [0.25, 0.3) is 0 Å². The van der Waals surface area contributed by atoms with Gasteiger partial charge in [0, 0.05) is 23.7 Å². The van der Waals surface area contributed by atoms with Crippen LogP contribution < -0.4 is 10.6 Å². The first-order chi connectivity index (χ1) is 13.9. The van der Waals surface area contributed by atoms with Gasteiger partial charge in [-0.15, -0.1) is 5.10 Å². The molecule has 0 fully saturated rings. The minimum Gasteiger partial charge on any atom is -0.508 e. The van der Waals surface area contributed by atoms with Crippen molar-refractivity contribution in [3.63, 3.8) is 0 Å². The molecule has 0 unspecified atom stereocenters. The highest BCUT2D eigenvalue weighted by Gasteiger charge is 2.39. The average Bonchev–Trinajstić information content (AvgIpc) is 3.27. The van der Waals surface area contributed by atoms with Crippen molar-refractivity contribution in [3.8, 4) is 5.75 Å². The van der Waals surface area contributed by atoms with Gasteiger partial charge in [0.1, 0.15) is 5.75 Å². The molecule has 3 aromatic rings. The summed E-state index contributed by atoms with van der Waals surface area (Å²) in [6, 6.07) is 11.0. The fraction of sp³-hybridized carbons (Fsp3) is 0.200. The molecule has 0 saturated heterocycles. The van der Waals surface area contributed by atoms with Crippen LogP contribution in [0.1, 0.15) is 33.4 Å². The predicted octanol–water partition coefficient (Wildman–Crippen LogP) is 2.56. The third kappa shape index (κ3) is 3.62. The molecule has 2 atom stereocenters. The Kier molecular flexibility index (Phi) is 4.63. The third-order valence-electron chi connectivity index (χ3n) is 4.88. The number of fused-ring (bicyclic) bond motifs is 1. The Labute approximate surface area is 165 Å². The number of aromatic nitrogens is 2. The Hall–Kier alpha value is -3.88. The Balaban J connectivity index is 1.51. The summed E-state index contributed by atoms with van der Waals surface area (Å²) in [7, 11) is 0. The lowest BCUT2D eigenvalue weighted by molar-refractivity contribution is -0.142. The largest absolute Gasteiger partial charge is 0.508 e. The number of carbonyl (C=O) groups is 2. The van der Waals surface area contributed by atoms with E-state index >= 15 is 0 Å². The highest BCUT2D eigenvalue weighted by Crippen LogP contribution is 2.40. The van der Waals surface area contributed by atoms with Crippen LogP contribution in [0.4, 0.5) is 11.7 Å².